The van der Waals surface area contributed by atoms with Crippen molar-refractivity contribution in [2.75, 3.05) is 0 Å². The maximum Gasteiger partial charge on any atom is 0.0588 e. The van der Waals surface area contributed by atoms with E-state index >= 15 is 0 Å². The van der Waals surface area contributed by atoms with E-state index < -0.39 is 0 Å². The Bertz CT molecular complexity index is 86.6. The van der Waals surface area contributed by atoms with Crippen LogP contribution in [0.25, 0.3) is 0 Å². The molecule has 0 amide bonds. The van der Waals surface area contributed by atoms with Crippen LogP contribution in [0.5, 0.6) is 0 Å². The molecule has 0 rings (SSSR count). The van der Waals surface area contributed by atoms with Gasteiger partial charge in [-0.25, -0.2) is 4.99 Å². The smallest absolute Gasteiger partial charge is 0.0588 e. The van der Waals surface area contributed by atoms with E-state index in [1.165, 1.54) is 0 Å². The molecule has 8 heavy (non-hydrogen) atoms. The van der Waals surface area contributed by atoms with E-state index in [1.54, 1.807) is 0 Å². The summed E-state index contributed by atoms with van der Waals surface area (Å²) in [7, 11) is 0. The molecule has 0 saturated carbocycles. The Kier molecular flexibility index (Phi) is 4.29. The fraction of sp³-hybridized carbons (Fsp3) is 0.714. The van der Waals surface area contributed by atoms with Gasteiger partial charge in [-0.15, -0.1) is 0 Å². The zero-order valence-corrected chi connectivity index (χ0v) is 5.65. The number of hydrogen-bond acceptors (Lipinski definition) is 1. The largest absolute Gasteiger partial charge is 0.240 e. The van der Waals surface area contributed by atoms with Gasteiger partial charge in [-0.3, -0.25) is 0 Å². The SMILES string of the molecule is C=C=NC(CC)CC. The van der Waals surface area contributed by atoms with Crippen LogP contribution in [0.1, 0.15) is 26.7 Å². The molecule has 0 bridgehead atoms. The van der Waals surface area contributed by atoms with E-state index in [1.807, 2.05) is 0 Å². The third-order valence-electron chi connectivity index (χ3n) is 1.22. The number of rotatable bonds is 3. The topological polar surface area (TPSA) is 12.4 Å². The summed E-state index contributed by atoms with van der Waals surface area (Å²) in [5.74, 6) is 2.54. The van der Waals surface area contributed by atoms with Gasteiger partial charge in [0.1, 0.15) is 0 Å². The lowest BCUT2D eigenvalue weighted by molar-refractivity contribution is 0.635. The van der Waals surface area contributed by atoms with Crippen LogP contribution in [0.15, 0.2) is 11.6 Å². The molecule has 46 valence electrons. The summed E-state index contributed by atoms with van der Waals surface area (Å²) in [6.07, 6.45) is 2.19. The van der Waals surface area contributed by atoms with Gasteiger partial charge in [-0.2, -0.15) is 0 Å². The Labute approximate surface area is 51.1 Å². The lowest BCUT2D eigenvalue weighted by atomic mass is 10.2. The van der Waals surface area contributed by atoms with Gasteiger partial charge < -0.3 is 0 Å². The molecule has 0 N–H and O–H groups in total. The maximum absolute atomic E-state index is 4.00. The van der Waals surface area contributed by atoms with Crippen LogP contribution in [0.4, 0.5) is 0 Å². The minimum Gasteiger partial charge on any atom is -0.240 e. The number of hydrogen-bond donors (Lipinski definition) is 0. The predicted octanol–water partition coefficient (Wildman–Crippen LogP) is 2.03. The second-order valence-corrected chi connectivity index (χ2v) is 1.76. The van der Waals surface area contributed by atoms with Crippen molar-refractivity contribution >= 4 is 5.87 Å². The second kappa shape index (κ2) is 4.61. The van der Waals surface area contributed by atoms with E-state index in [4.69, 9.17) is 0 Å². The van der Waals surface area contributed by atoms with Gasteiger partial charge >= 0.3 is 0 Å². The van der Waals surface area contributed by atoms with Crippen molar-refractivity contribution in [2.45, 2.75) is 32.7 Å². The van der Waals surface area contributed by atoms with Crippen LogP contribution in [0, 0.1) is 0 Å². The summed E-state index contributed by atoms with van der Waals surface area (Å²) < 4.78 is 0. The molecular formula is C7H13N. The van der Waals surface area contributed by atoms with E-state index in [-0.39, 0.29) is 0 Å². The van der Waals surface area contributed by atoms with Crippen LogP contribution in [-0.2, 0) is 0 Å². The van der Waals surface area contributed by atoms with Gasteiger partial charge in [0.05, 0.1) is 6.04 Å². The van der Waals surface area contributed by atoms with Crippen LogP contribution in [0.2, 0.25) is 0 Å². The third kappa shape index (κ3) is 2.59. The summed E-state index contributed by atoms with van der Waals surface area (Å²) in [6.45, 7) is 7.64. The molecule has 0 heterocycles. The van der Waals surface area contributed by atoms with Gasteiger partial charge in [-0.05, 0) is 25.3 Å². The fourth-order valence-corrected chi connectivity index (χ4v) is 0.600. The van der Waals surface area contributed by atoms with E-state index in [2.05, 4.69) is 31.3 Å². The van der Waals surface area contributed by atoms with Gasteiger partial charge in [0, 0.05) is 0 Å². The Morgan fingerprint density at radius 3 is 2.12 bits per heavy atom. The van der Waals surface area contributed by atoms with E-state index in [9.17, 15) is 0 Å². The highest BCUT2D eigenvalue weighted by atomic mass is 14.7. The van der Waals surface area contributed by atoms with Crippen LogP contribution >= 0.6 is 0 Å². The predicted molar refractivity (Wildman–Crippen MR) is 37.4 cm³/mol. The van der Waals surface area contributed by atoms with Gasteiger partial charge in [0.15, 0.2) is 0 Å². The van der Waals surface area contributed by atoms with Crippen molar-refractivity contribution in [3.8, 4) is 0 Å². The van der Waals surface area contributed by atoms with Crippen molar-refractivity contribution in [1.82, 2.24) is 0 Å². The first kappa shape index (κ1) is 7.45. The minimum absolute atomic E-state index is 0.451. The third-order valence-corrected chi connectivity index (χ3v) is 1.22. The van der Waals surface area contributed by atoms with Crippen LogP contribution < -0.4 is 0 Å². The van der Waals surface area contributed by atoms with E-state index in [0.717, 1.165) is 12.8 Å². The molecule has 1 heteroatoms. The number of nitrogens with zero attached hydrogens (tertiary/aromatic N) is 1. The molecular weight excluding hydrogens is 98.1 g/mol. The zero-order chi connectivity index (χ0) is 6.41. The lowest BCUT2D eigenvalue weighted by Crippen LogP contribution is -1.97. The summed E-state index contributed by atoms with van der Waals surface area (Å²) in [4.78, 5) is 4.00. The maximum atomic E-state index is 4.00. The van der Waals surface area contributed by atoms with Crippen molar-refractivity contribution in [2.24, 2.45) is 4.99 Å². The summed E-state index contributed by atoms with van der Waals surface area (Å²) in [6, 6.07) is 0.451. The highest BCUT2D eigenvalue weighted by molar-refractivity contribution is 5.46. The van der Waals surface area contributed by atoms with Crippen molar-refractivity contribution in [1.29, 1.82) is 0 Å². The molecule has 0 aromatic rings. The van der Waals surface area contributed by atoms with Gasteiger partial charge in [0.2, 0.25) is 0 Å². The Hall–Kier alpha value is -0.550. The highest BCUT2D eigenvalue weighted by Crippen LogP contribution is 1.99. The standard InChI is InChI=1S/C7H13N/c1-4-7(5-2)8-6-3/h7H,3-5H2,1-2H3. The fourth-order valence-electron chi connectivity index (χ4n) is 0.600. The van der Waals surface area contributed by atoms with Crippen molar-refractivity contribution in [3.05, 3.63) is 6.58 Å². The molecule has 0 saturated heterocycles. The molecule has 1 nitrogen and oxygen atoms in total. The van der Waals surface area contributed by atoms with Gasteiger partial charge in [-0.1, -0.05) is 13.8 Å². The van der Waals surface area contributed by atoms with E-state index in [0.29, 0.717) is 6.04 Å². The molecule has 0 spiro atoms. The summed E-state index contributed by atoms with van der Waals surface area (Å²) in [5, 5.41) is 0. The molecule has 0 aromatic heterocycles. The Morgan fingerprint density at radius 1 is 1.50 bits per heavy atom. The summed E-state index contributed by atoms with van der Waals surface area (Å²) >= 11 is 0. The zero-order valence-electron chi connectivity index (χ0n) is 5.65. The molecule has 0 aromatic carbocycles. The first-order valence-electron chi connectivity index (χ1n) is 3.07. The first-order chi connectivity index (χ1) is 3.85. The average molecular weight is 111 g/mol. The highest BCUT2D eigenvalue weighted by Gasteiger charge is 1.95. The summed E-state index contributed by atoms with van der Waals surface area (Å²) in [5.41, 5.74) is 0. The average Bonchev–Trinajstić information content (AvgIpc) is 1.83. The molecule has 0 unspecified atom stereocenters. The van der Waals surface area contributed by atoms with Crippen LogP contribution in [-0.4, -0.2) is 11.9 Å². The minimum atomic E-state index is 0.451. The molecule has 0 radical (unpaired) electrons. The lowest BCUT2D eigenvalue weighted by Gasteiger charge is -2.00. The Morgan fingerprint density at radius 2 is 2.00 bits per heavy atom. The van der Waals surface area contributed by atoms with Crippen molar-refractivity contribution < 1.29 is 0 Å². The first-order valence-corrected chi connectivity index (χ1v) is 3.07. The number of aliphatic imine (C=N–C) groups is 1. The molecule has 0 aliphatic heterocycles. The molecule has 0 atom stereocenters. The quantitative estimate of drug-likeness (QED) is 0.494. The second-order valence-electron chi connectivity index (χ2n) is 1.76. The van der Waals surface area contributed by atoms with Crippen molar-refractivity contribution in [3.63, 3.8) is 0 Å². The monoisotopic (exact) mass is 111 g/mol. The van der Waals surface area contributed by atoms with Gasteiger partial charge in [0.25, 0.3) is 0 Å². The van der Waals surface area contributed by atoms with Crippen LogP contribution in [0.3, 0.4) is 0 Å². The molecule has 0 aliphatic carbocycles. The molecule has 0 aliphatic rings. The Balaban J connectivity index is 3.52. The molecule has 0 fully saturated rings. The normalized spacial score (nSPS) is 8.88.